The lowest BCUT2D eigenvalue weighted by Crippen LogP contribution is -2.16. The topological polar surface area (TPSA) is 34.4 Å². The number of hydrogen-bond acceptors (Lipinski definition) is 2. The summed E-state index contributed by atoms with van der Waals surface area (Å²) in [6.45, 7) is 0. The number of hydrogen-bond donors (Lipinski definition) is 0. The minimum atomic E-state index is -0.0556. The van der Waals surface area contributed by atoms with E-state index in [2.05, 4.69) is 20.9 Å². The number of rotatable bonds is 1. The lowest BCUT2D eigenvalue weighted by atomic mass is 10.0. The first-order chi connectivity index (χ1) is 10.8. The Morgan fingerprint density at radius 3 is 2.64 bits per heavy atom. The van der Waals surface area contributed by atoms with Crippen molar-refractivity contribution in [1.29, 1.82) is 0 Å². The molecule has 0 N–H and O–H groups in total. The quantitative estimate of drug-likeness (QED) is 0.480. The van der Waals surface area contributed by atoms with Crippen molar-refractivity contribution in [2.24, 2.45) is 0 Å². The summed E-state index contributed by atoms with van der Waals surface area (Å²) in [7, 11) is 0. The molecule has 0 saturated carbocycles. The average Bonchev–Trinajstić information content (AvgIpc) is 2.56. The summed E-state index contributed by atoms with van der Waals surface area (Å²) in [6.07, 6.45) is 3.50. The molecule has 0 bridgehead atoms. The highest BCUT2D eigenvalue weighted by Gasteiger charge is 2.14. The third kappa shape index (κ3) is 1.96. The Hall–Kier alpha value is -2.46. The summed E-state index contributed by atoms with van der Waals surface area (Å²) in [5.41, 5.74) is 2.16. The standard InChI is InChI=1S/C18H11BrN2O/c19-12-7-8-13-14(11-12)17(15-5-1-3-9-20-15)18(22)21-10-4-2-6-16(13)21/h1-11H. The zero-order valence-corrected chi connectivity index (χ0v) is 13.1. The van der Waals surface area contributed by atoms with Gasteiger partial charge in [-0.2, -0.15) is 0 Å². The number of aromatic nitrogens is 2. The van der Waals surface area contributed by atoms with E-state index in [1.165, 1.54) is 0 Å². The summed E-state index contributed by atoms with van der Waals surface area (Å²) >= 11 is 3.50. The third-order valence-electron chi connectivity index (χ3n) is 3.74. The van der Waals surface area contributed by atoms with Crippen molar-refractivity contribution in [3.05, 3.63) is 81.8 Å². The van der Waals surface area contributed by atoms with E-state index in [4.69, 9.17) is 0 Å². The Morgan fingerprint density at radius 1 is 0.955 bits per heavy atom. The molecule has 4 heteroatoms. The van der Waals surface area contributed by atoms with Crippen LogP contribution in [0.4, 0.5) is 0 Å². The molecule has 0 unspecified atom stereocenters. The summed E-state index contributed by atoms with van der Waals surface area (Å²) in [6, 6.07) is 17.4. The van der Waals surface area contributed by atoms with Gasteiger partial charge < -0.3 is 0 Å². The zero-order chi connectivity index (χ0) is 15.1. The largest absolute Gasteiger partial charge is 0.283 e. The van der Waals surface area contributed by atoms with E-state index in [0.717, 1.165) is 20.8 Å². The predicted octanol–water partition coefficient (Wildman–Crippen LogP) is 4.28. The molecule has 0 fully saturated rings. The summed E-state index contributed by atoms with van der Waals surface area (Å²) in [4.78, 5) is 17.3. The lowest BCUT2D eigenvalue weighted by molar-refractivity contribution is 1.11. The molecule has 0 aliphatic rings. The molecule has 0 amide bonds. The van der Waals surface area contributed by atoms with Gasteiger partial charge in [-0.05, 0) is 41.8 Å². The molecule has 0 aliphatic heterocycles. The maximum absolute atomic E-state index is 13.0. The Kier molecular flexibility index (Phi) is 3.05. The van der Waals surface area contributed by atoms with Gasteiger partial charge in [-0.3, -0.25) is 14.2 Å². The first kappa shape index (κ1) is 13.2. The van der Waals surface area contributed by atoms with Crippen molar-refractivity contribution in [2.45, 2.75) is 0 Å². The van der Waals surface area contributed by atoms with Crippen LogP contribution < -0.4 is 5.56 Å². The van der Waals surface area contributed by atoms with Crippen LogP contribution in [0.3, 0.4) is 0 Å². The summed E-state index contributed by atoms with van der Waals surface area (Å²) in [5, 5.41) is 1.94. The molecule has 0 spiro atoms. The zero-order valence-electron chi connectivity index (χ0n) is 11.5. The fourth-order valence-corrected chi connectivity index (χ4v) is 3.14. The number of benzene rings is 1. The van der Waals surface area contributed by atoms with Crippen LogP contribution in [-0.2, 0) is 0 Å². The number of pyridine rings is 3. The Labute approximate surface area is 135 Å². The van der Waals surface area contributed by atoms with Crippen LogP contribution in [0, 0.1) is 0 Å². The normalized spacial score (nSPS) is 11.1. The average molecular weight is 351 g/mol. The molecule has 0 atom stereocenters. The van der Waals surface area contributed by atoms with Crippen LogP contribution in [0.1, 0.15) is 0 Å². The molecular formula is C18H11BrN2O. The molecule has 3 heterocycles. The van der Waals surface area contributed by atoms with Crippen molar-refractivity contribution in [2.75, 3.05) is 0 Å². The minimum Gasteiger partial charge on any atom is -0.283 e. The second-order valence-electron chi connectivity index (χ2n) is 5.04. The number of nitrogens with zero attached hydrogens (tertiary/aromatic N) is 2. The van der Waals surface area contributed by atoms with Gasteiger partial charge in [-0.15, -0.1) is 0 Å². The van der Waals surface area contributed by atoms with Gasteiger partial charge >= 0.3 is 0 Å². The monoisotopic (exact) mass is 350 g/mol. The van der Waals surface area contributed by atoms with Crippen molar-refractivity contribution >= 4 is 32.2 Å². The molecule has 1 aromatic carbocycles. The SMILES string of the molecule is O=c1c(-c2ccccn2)c2cc(Br)ccc2c2ccccn12. The van der Waals surface area contributed by atoms with Crippen molar-refractivity contribution in [3.8, 4) is 11.3 Å². The molecular weight excluding hydrogens is 340 g/mol. The summed E-state index contributed by atoms with van der Waals surface area (Å²) < 4.78 is 2.62. The van der Waals surface area contributed by atoms with Crippen LogP contribution in [-0.4, -0.2) is 9.38 Å². The van der Waals surface area contributed by atoms with Gasteiger partial charge in [-0.25, -0.2) is 0 Å². The van der Waals surface area contributed by atoms with E-state index in [1.807, 2.05) is 54.6 Å². The summed E-state index contributed by atoms with van der Waals surface area (Å²) in [5.74, 6) is 0. The van der Waals surface area contributed by atoms with Crippen LogP contribution >= 0.6 is 15.9 Å². The first-order valence-corrected chi connectivity index (χ1v) is 7.69. The first-order valence-electron chi connectivity index (χ1n) is 6.90. The van der Waals surface area contributed by atoms with Crippen molar-refractivity contribution in [1.82, 2.24) is 9.38 Å². The van der Waals surface area contributed by atoms with Gasteiger partial charge in [0.05, 0.1) is 16.8 Å². The van der Waals surface area contributed by atoms with E-state index in [1.54, 1.807) is 16.8 Å². The Balaban J connectivity index is 2.29. The highest BCUT2D eigenvalue weighted by atomic mass is 79.9. The van der Waals surface area contributed by atoms with Crippen LogP contribution in [0.5, 0.6) is 0 Å². The smallest absolute Gasteiger partial charge is 0.265 e. The number of halogens is 1. The van der Waals surface area contributed by atoms with Crippen LogP contribution in [0.25, 0.3) is 27.5 Å². The van der Waals surface area contributed by atoms with Crippen LogP contribution in [0.15, 0.2) is 76.3 Å². The molecule has 4 aromatic rings. The second-order valence-corrected chi connectivity index (χ2v) is 5.96. The van der Waals surface area contributed by atoms with Crippen molar-refractivity contribution in [3.63, 3.8) is 0 Å². The van der Waals surface area contributed by atoms with Gasteiger partial charge in [0, 0.05) is 22.3 Å². The van der Waals surface area contributed by atoms with E-state index >= 15 is 0 Å². The van der Waals surface area contributed by atoms with Gasteiger partial charge in [0.25, 0.3) is 5.56 Å². The Morgan fingerprint density at radius 2 is 1.82 bits per heavy atom. The molecule has 4 rings (SSSR count). The fourth-order valence-electron chi connectivity index (χ4n) is 2.78. The molecule has 0 radical (unpaired) electrons. The van der Waals surface area contributed by atoms with E-state index in [0.29, 0.717) is 11.3 Å². The molecule has 0 aliphatic carbocycles. The minimum absolute atomic E-state index is 0.0556. The van der Waals surface area contributed by atoms with Gasteiger partial charge in [-0.1, -0.05) is 34.1 Å². The fraction of sp³-hybridized carbons (Fsp3) is 0. The van der Waals surface area contributed by atoms with Crippen molar-refractivity contribution < 1.29 is 0 Å². The molecule has 106 valence electrons. The van der Waals surface area contributed by atoms with E-state index < -0.39 is 0 Å². The highest BCUT2D eigenvalue weighted by Crippen LogP contribution is 2.29. The third-order valence-corrected chi connectivity index (χ3v) is 4.23. The maximum atomic E-state index is 13.0. The predicted molar refractivity (Wildman–Crippen MR) is 92.1 cm³/mol. The van der Waals surface area contributed by atoms with Gasteiger partial charge in [0.1, 0.15) is 0 Å². The molecule has 3 nitrogen and oxygen atoms in total. The van der Waals surface area contributed by atoms with E-state index in [-0.39, 0.29) is 5.56 Å². The molecule has 3 aromatic heterocycles. The second kappa shape index (κ2) is 5.07. The maximum Gasteiger partial charge on any atom is 0.265 e. The van der Waals surface area contributed by atoms with E-state index in [9.17, 15) is 4.79 Å². The molecule has 22 heavy (non-hydrogen) atoms. The lowest BCUT2D eigenvalue weighted by Gasteiger charge is -2.11. The molecule has 0 saturated heterocycles. The highest BCUT2D eigenvalue weighted by molar-refractivity contribution is 9.10. The van der Waals surface area contributed by atoms with Gasteiger partial charge in [0.2, 0.25) is 0 Å². The number of fused-ring (bicyclic) bond motifs is 3. The Bertz CT molecular complexity index is 1060. The van der Waals surface area contributed by atoms with Crippen LogP contribution in [0.2, 0.25) is 0 Å². The van der Waals surface area contributed by atoms with Gasteiger partial charge in [0.15, 0.2) is 0 Å².